The fourth-order valence-electron chi connectivity index (χ4n) is 3.36. The van der Waals surface area contributed by atoms with E-state index in [-0.39, 0.29) is 24.9 Å². The molecule has 2 N–H and O–H groups in total. The average molecular weight is 394 g/mol. The summed E-state index contributed by atoms with van der Waals surface area (Å²) < 4.78 is 0. The van der Waals surface area contributed by atoms with Gasteiger partial charge in [0.25, 0.3) is 5.91 Å². The van der Waals surface area contributed by atoms with Gasteiger partial charge in [-0.05, 0) is 43.2 Å². The first-order valence-corrected chi connectivity index (χ1v) is 9.75. The van der Waals surface area contributed by atoms with Gasteiger partial charge in [0, 0.05) is 30.9 Å². The number of amides is 4. The van der Waals surface area contributed by atoms with Crippen molar-refractivity contribution < 1.29 is 14.4 Å². The Balaban J connectivity index is 1.62. The van der Waals surface area contributed by atoms with E-state index in [4.69, 9.17) is 0 Å². The third-order valence-corrected chi connectivity index (χ3v) is 4.94. The summed E-state index contributed by atoms with van der Waals surface area (Å²) in [6.07, 6.45) is 0. The number of nitrogens with zero attached hydrogens (tertiary/aromatic N) is 2. The van der Waals surface area contributed by atoms with E-state index in [1.807, 2.05) is 6.07 Å². The number of benzene rings is 2. The molecule has 0 aromatic heterocycles. The minimum Gasteiger partial charge on any atom is -0.370 e. The highest BCUT2D eigenvalue weighted by atomic mass is 16.2. The van der Waals surface area contributed by atoms with Crippen molar-refractivity contribution in [1.82, 2.24) is 15.5 Å². The minimum atomic E-state index is -0.429. The molecule has 7 heteroatoms. The van der Waals surface area contributed by atoms with Crippen molar-refractivity contribution in [1.29, 1.82) is 0 Å². The number of rotatable bonds is 8. The molecule has 1 aliphatic heterocycles. The van der Waals surface area contributed by atoms with Crippen molar-refractivity contribution >= 4 is 23.5 Å². The molecule has 1 heterocycles. The number of aryl methyl sites for hydroxylation is 1. The second-order valence-electron chi connectivity index (χ2n) is 6.97. The molecule has 2 aromatic carbocycles. The van der Waals surface area contributed by atoms with Crippen molar-refractivity contribution in [2.24, 2.45) is 0 Å². The van der Waals surface area contributed by atoms with E-state index in [0.29, 0.717) is 24.2 Å². The number of carbonyl (C=O) groups is 3. The van der Waals surface area contributed by atoms with Gasteiger partial charge in [-0.1, -0.05) is 30.3 Å². The van der Waals surface area contributed by atoms with Crippen LogP contribution < -0.4 is 15.5 Å². The average Bonchev–Trinajstić information content (AvgIpc) is 3.03. The van der Waals surface area contributed by atoms with Gasteiger partial charge in [0.1, 0.15) is 0 Å². The molecule has 2 aromatic rings. The molecule has 0 unspecified atom stereocenters. The quantitative estimate of drug-likeness (QED) is 0.673. The fraction of sp³-hybridized carbons (Fsp3) is 0.318. The van der Waals surface area contributed by atoms with E-state index < -0.39 is 6.03 Å². The van der Waals surface area contributed by atoms with Crippen LogP contribution >= 0.6 is 0 Å². The molecule has 152 valence electrons. The molecule has 0 bridgehead atoms. The minimum absolute atomic E-state index is 0.000983. The van der Waals surface area contributed by atoms with Crippen LogP contribution in [0.4, 0.5) is 10.5 Å². The second-order valence-corrected chi connectivity index (χ2v) is 6.97. The van der Waals surface area contributed by atoms with Gasteiger partial charge in [-0.15, -0.1) is 0 Å². The van der Waals surface area contributed by atoms with Crippen molar-refractivity contribution in [2.75, 3.05) is 31.1 Å². The highest BCUT2D eigenvalue weighted by Gasteiger charge is 2.29. The molecule has 0 radical (unpaired) electrons. The first-order valence-electron chi connectivity index (χ1n) is 9.75. The Morgan fingerprint density at radius 2 is 1.97 bits per heavy atom. The Hall–Kier alpha value is -3.35. The molecule has 0 spiro atoms. The normalized spacial score (nSPS) is 13.4. The van der Waals surface area contributed by atoms with Gasteiger partial charge in [0.05, 0.1) is 13.1 Å². The Morgan fingerprint density at radius 3 is 2.66 bits per heavy atom. The lowest BCUT2D eigenvalue weighted by Gasteiger charge is -2.24. The summed E-state index contributed by atoms with van der Waals surface area (Å²) in [5, 5.41) is 5.44. The Labute approximate surface area is 170 Å². The van der Waals surface area contributed by atoms with Crippen LogP contribution in [0.1, 0.15) is 28.4 Å². The lowest BCUT2D eigenvalue weighted by Crippen LogP contribution is -2.36. The molecule has 4 amide bonds. The van der Waals surface area contributed by atoms with Crippen LogP contribution in [0.2, 0.25) is 0 Å². The molecule has 7 nitrogen and oxygen atoms in total. The van der Waals surface area contributed by atoms with Crippen LogP contribution in [0.5, 0.6) is 0 Å². The van der Waals surface area contributed by atoms with E-state index in [9.17, 15) is 14.4 Å². The van der Waals surface area contributed by atoms with Gasteiger partial charge in [-0.2, -0.15) is 0 Å². The standard InChI is InChI=1S/C22H26N4O3/c1-3-25(18-9-6-7-16(2)13-18)12-11-23-21(28)19-10-5-4-8-17(19)15-26-20(27)14-24-22(26)29/h4-10,13H,3,11-12,14-15H2,1-2H3,(H,23,28)(H,24,29). The molecule has 0 atom stereocenters. The molecular weight excluding hydrogens is 368 g/mol. The summed E-state index contributed by atoms with van der Waals surface area (Å²) in [6, 6.07) is 14.9. The highest BCUT2D eigenvalue weighted by Crippen LogP contribution is 2.16. The zero-order valence-corrected chi connectivity index (χ0v) is 16.8. The maximum Gasteiger partial charge on any atom is 0.324 e. The number of hydrogen-bond donors (Lipinski definition) is 2. The maximum atomic E-state index is 12.7. The van der Waals surface area contributed by atoms with Crippen LogP contribution in [0.15, 0.2) is 48.5 Å². The van der Waals surface area contributed by atoms with Crippen LogP contribution in [0.25, 0.3) is 0 Å². The lowest BCUT2D eigenvalue weighted by molar-refractivity contribution is -0.125. The summed E-state index contributed by atoms with van der Waals surface area (Å²) in [7, 11) is 0. The second kappa shape index (κ2) is 9.23. The predicted molar refractivity (Wildman–Crippen MR) is 112 cm³/mol. The number of likely N-dealkylation sites (N-methyl/N-ethyl adjacent to an activating group) is 1. The molecule has 1 saturated heterocycles. The smallest absolute Gasteiger partial charge is 0.324 e. The van der Waals surface area contributed by atoms with Crippen molar-refractivity contribution in [2.45, 2.75) is 20.4 Å². The van der Waals surface area contributed by atoms with Crippen LogP contribution in [-0.2, 0) is 11.3 Å². The fourth-order valence-corrected chi connectivity index (χ4v) is 3.36. The summed E-state index contributed by atoms with van der Waals surface area (Å²) in [5.74, 6) is -0.505. The molecule has 0 saturated carbocycles. The SMILES string of the molecule is CCN(CCNC(=O)c1ccccc1CN1C(=O)CNC1=O)c1cccc(C)c1. The summed E-state index contributed by atoms with van der Waals surface area (Å²) in [4.78, 5) is 39.7. The number of urea groups is 1. The van der Waals surface area contributed by atoms with Crippen molar-refractivity contribution in [3.05, 3.63) is 65.2 Å². The third kappa shape index (κ3) is 4.93. The zero-order chi connectivity index (χ0) is 20.8. The Morgan fingerprint density at radius 1 is 1.17 bits per heavy atom. The molecule has 3 rings (SSSR count). The molecule has 1 aliphatic rings. The Bertz CT molecular complexity index is 896. The summed E-state index contributed by atoms with van der Waals surface area (Å²) in [6.45, 7) is 6.22. The Kier molecular flexibility index (Phi) is 6.49. The van der Waals surface area contributed by atoms with Gasteiger partial charge >= 0.3 is 6.03 Å². The molecule has 0 aliphatic carbocycles. The third-order valence-electron chi connectivity index (χ3n) is 4.94. The first kappa shape index (κ1) is 20.4. The topological polar surface area (TPSA) is 81.8 Å². The number of anilines is 1. The van der Waals surface area contributed by atoms with E-state index in [1.54, 1.807) is 24.3 Å². The first-order chi connectivity index (χ1) is 14.0. The van der Waals surface area contributed by atoms with E-state index in [2.05, 4.69) is 47.6 Å². The maximum absolute atomic E-state index is 12.7. The van der Waals surface area contributed by atoms with E-state index >= 15 is 0 Å². The number of imide groups is 1. The monoisotopic (exact) mass is 394 g/mol. The molecule has 29 heavy (non-hydrogen) atoms. The highest BCUT2D eigenvalue weighted by molar-refractivity contribution is 6.02. The van der Waals surface area contributed by atoms with E-state index in [1.165, 1.54) is 5.56 Å². The zero-order valence-electron chi connectivity index (χ0n) is 16.8. The van der Waals surface area contributed by atoms with Crippen LogP contribution in [-0.4, -0.2) is 48.9 Å². The lowest BCUT2D eigenvalue weighted by atomic mass is 10.1. The van der Waals surface area contributed by atoms with Gasteiger partial charge in [0.2, 0.25) is 5.91 Å². The molecular formula is C22H26N4O3. The number of carbonyl (C=O) groups excluding carboxylic acids is 3. The van der Waals surface area contributed by atoms with Gasteiger partial charge in [-0.3, -0.25) is 14.5 Å². The van der Waals surface area contributed by atoms with Crippen molar-refractivity contribution in [3.63, 3.8) is 0 Å². The van der Waals surface area contributed by atoms with E-state index in [0.717, 1.165) is 17.1 Å². The summed E-state index contributed by atoms with van der Waals surface area (Å²) >= 11 is 0. The number of nitrogens with one attached hydrogen (secondary N) is 2. The van der Waals surface area contributed by atoms with Gasteiger partial charge in [-0.25, -0.2) is 4.79 Å². The van der Waals surface area contributed by atoms with Gasteiger partial charge in [0.15, 0.2) is 0 Å². The van der Waals surface area contributed by atoms with Crippen LogP contribution in [0.3, 0.4) is 0 Å². The predicted octanol–water partition coefficient (Wildman–Crippen LogP) is 2.30. The van der Waals surface area contributed by atoms with Crippen LogP contribution in [0, 0.1) is 6.92 Å². The van der Waals surface area contributed by atoms with Gasteiger partial charge < -0.3 is 15.5 Å². The number of hydrogen-bond acceptors (Lipinski definition) is 4. The molecule has 1 fully saturated rings. The summed E-state index contributed by atoms with van der Waals surface area (Å²) in [5.41, 5.74) is 3.43. The largest absolute Gasteiger partial charge is 0.370 e. The van der Waals surface area contributed by atoms with Crippen molar-refractivity contribution in [3.8, 4) is 0 Å².